The second kappa shape index (κ2) is 9.78. The normalized spacial score (nSPS) is 23.5. The molecule has 2 nitrogen and oxygen atoms in total. The highest BCUT2D eigenvalue weighted by atomic mass is 15.3. The van der Waals surface area contributed by atoms with Crippen LogP contribution in [0.3, 0.4) is 0 Å². The van der Waals surface area contributed by atoms with E-state index < -0.39 is 0 Å². The highest BCUT2D eigenvalue weighted by molar-refractivity contribution is 4.83. The number of hydrogen-bond donors (Lipinski definition) is 2. The Morgan fingerprint density at radius 1 is 0.667 bits per heavy atom. The molecule has 0 unspecified atom stereocenters. The van der Waals surface area contributed by atoms with E-state index in [4.69, 9.17) is 0 Å². The lowest BCUT2D eigenvalue weighted by Gasteiger charge is -2.00. The molecular weight excluding hydrogens is 184 g/mol. The average molecular weight is 208 g/mol. The summed E-state index contributed by atoms with van der Waals surface area (Å²) in [6.45, 7) is 1.00. The summed E-state index contributed by atoms with van der Waals surface area (Å²) in [4.78, 5) is 0. The Labute approximate surface area is 93.8 Å². The molecule has 1 aliphatic rings. The van der Waals surface area contributed by atoms with Gasteiger partial charge in [0.2, 0.25) is 0 Å². The molecule has 0 aromatic rings. The molecule has 0 fully saturated rings. The molecule has 1 rings (SSSR count). The molecule has 0 saturated carbocycles. The Morgan fingerprint density at radius 2 is 1.33 bits per heavy atom. The van der Waals surface area contributed by atoms with E-state index in [1.54, 1.807) is 0 Å². The topological polar surface area (TPSA) is 24.1 Å². The minimum Gasteiger partial charge on any atom is -0.329 e. The molecule has 86 valence electrons. The lowest BCUT2D eigenvalue weighted by atomic mass is 10.1. The smallest absolute Gasteiger partial charge is 0.0182 e. The Morgan fingerprint density at radius 3 is 2.20 bits per heavy atom. The van der Waals surface area contributed by atoms with Gasteiger partial charge in [-0.25, -0.2) is 5.43 Å². The summed E-state index contributed by atoms with van der Waals surface area (Å²) >= 11 is 0. The quantitative estimate of drug-likeness (QED) is 0.597. The van der Waals surface area contributed by atoms with Crippen molar-refractivity contribution in [3.8, 4) is 0 Å². The van der Waals surface area contributed by atoms with Crippen molar-refractivity contribution in [3.05, 3.63) is 24.4 Å². The van der Waals surface area contributed by atoms with Gasteiger partial charge in [-0.2, -0.15) is 0 Å². The molecule has 2 N–H and O–H groups in total. The van der Waals surface area contributed by atoms with Crippen LogP contribution in [-0.2, 0) is 0 Å². The Balaban J connectivity index is 2.15. The maximum absolute atomic E-state index is 3.17. The van der Waals surface area contributed by atoms with Gasteiger partial charge < -0.3 is 5.43 Å². The summed E-state index contributed by atoms with van der Waals surface area (Å²) in [7, 11) is 0. The second-order valence-corrected chi connectivity index (χ2v) is 4.08. The predicted octanol–water partition coefficient (Wildman–Crippen LogP) is 3.28. The average Bonchev–Trinajstić information content (AvgIpc) is 2.27. The molecule has 15 heavy (non-hydrogen) atoms. The highest BCUT2D eigenvalue weighted by Crippen LogP contribution is 2.08. The number of hydrazine groups is 1. The lowest BCUT2D eigenvalue weighted by Crippen LogP contribution is -2.27. The summed E-state index contributed by atoms with van der Waals surface area (Å²) in [5.41, 5.74) is 6.26. The van der Waals surface area contributed by atoms with Gasteiger partial charge in [-0.05, 0) is 32.1 Å². The number of allylic oxidation sites excluding steroid dienone is 2. The van der Waals surface area contributed by atoms with Crippen LogP contribution in [0, 0.1) is 0 Å². The van der Waals surface area contributed by atoms with Crippen molar-refractivity contribution in [2.24, 2.45) is 0 Å². The summed E-state index contributed by atoms with van der Waals surface area (Å²) < 4.78 is 0. The van der Waals surface area contributed by atoms with Crippen molar-refractivity contribution in [2.75, 3.05) is 6.54 Å². The van der Waals surface area contributed by atoms with Gasteiger partial charge in [0, 0.05) is 12.7 Å². The summed E-state index contributed by atoms with van der Waals surface area (Å²) in [5.74, 6) is 0. The fraction of sp³-hybridized carbons (Fsp3) is 0.692. The van der Waals surface area contributed by atoms with Crippen LogP contribution in [-0.4, -0.2) is 6.54 Å². The maximum atomic E-state index is 3.17. The minimum atomic E-state index is 1.00. The molecule has 0 aliphatic carbocycles. The monoisotopic (exact) mass is 208 g/mol. The molecule has 0 aromatic carbocycles. The first-order valence-corrected chi connectivity index (χ1v) is 6.28. The van der Waals surface area contributed by atoms with Gasteiger partial charge in [-0.15, -0.1) is 0 Å². The first kappa shape index (κ1) is 12.3. The zero-order valence-electron chi connectivity index (χ0n) is 9.67. The Hall–Kier alpha value is -0.760. The van der Waals surface area contributed by atoms with Crippen LogP contribution in [0.1, 0.15) is 51.4 Å². The number of nitrogens with one attached hydrogen (secondary N) is 2. The van der Waals surface area contributed by atoms with Crippen molar-refractivity contribution in [2.45, 2.75) is 51.4 Å². The maximum Gasteiger partial charge on any atom is 0.0182 e. The molecular formula is C13H24N2. The van der Waals surface area contributed by atoms with E-state index in [2.05, 4.69) is 29.1 Å². The predicted molar refractivity (Wildman–Crippen MR) is 66.4 cm³/mol. The fourth-order valence-corrected chi connectivity index (χ4v) is 1.72. The van der Waals surface area contributed by atoms with Crippen molar-refractivity contribution >= 4 is 0 Å². The van der Waals surface area contributed by atoms with Gasteiger partial charge in [0.1, 0.15) is 0 Å². The van der Waals surface area contributed by atoms with Crippen LogP contribution < -0.4 is 10.9 Å². The van der Waals surface area contributed by atoms with Crippen LogP contribution in [0.4, 0.5) is 0 Å². The molecule has 0 radical (unpaired) electrons. The summed E-state index contributed by atoms with van der Waals surface area (Å²) in [6, 6.07) is 0. The van der Waals surface area contributed by atoms with E-state index in [1.807, 2.05) is 6.20 Å². The van der Waals surface area contributed by atoms with Crippen molar-refractivity contribution < 1.29 is 0 Å². The van der Waals surface area contributed by atoms with Crippen molar-refractivity contribution in [3.63, 3.8) is 0 Å². The fourth-order valence-electron chi connectivity index (χ4n) is 1.72. The third-order valence-corrected chi connectivity index (χ3v) is 2.65. The van der Waals surface area contributed by atoms with Gasteiger partial charge in [0.15, 0.2) is 0 Å². The Kier molecular flexibility index (Phi) is 8.03. The third kappa shape index (κ3) is 8.25. The van der Waals surface area contributed by atoms with E-state index in [0.29, 0.717) is 0 Å². The van der Waals surface area contributed by atoms with Crippen LogP contribution in [0.5, 0.6) is 0 Å². The molecule has 0 atom stereocenters. The molecule has 0 saturated heterocycles. The van der Waals surface area contributed by atoms with Gasteiger partial charge in [0.25, 0.3) is 0 Å². The van der Waals surface area contributed by atoms with Crippen LogP contribution >= 0.6 is 0 Å². The number of hydrogen-bond acceptors (Lipinski definition) is 2. The van der Waals surface area contributed by atoms with Gasteiger partial charge in [-0.3, -0.25) is 0 Å². The van der Waals surface area contributed by atoms with Crippen LogP contribution in [0.25, 0.3) is 0 Å². The van der Waals surface area contributed by atoms with Crippen molar-refractivity contribution in [1.29, 1.82) is 0 Å². The molecule has 0 amide bonds. The SMILES string of the molecule is C1=CCCNN/C=C/CCCCCCC1. The van der Waals surface area contributed by atoms with Gasteiger partial charge in [-0.1, -0.05) is 37.5 Å². The molecule has 0 bridgehead atoms. The minimum absolute atomic E-state index is 1.00. The van der Waals surface area contributed by atoms with E-state index in [9.17, 15) is 0 Å². The first-order valence-electron chi connectivity index (χ1n) is 6.28. The van der Waals surface area contributed by atoms with E-state index in [-0.39, 0.29) is 0 Å². The second-order valence-electron chi connectivity index (χ2n) is 4.08. The van der Waals surface area contributed by atoms with Gasteiger partial charge in [0.05, 0.1) is 0 Å². The third-order valence-electron chi connectivity index (χ3n) is 2.65. The molecule has 0 aromatic heterocycles. The number of rotatable bonds is 0. The highest BCUT2D eigenvalue weighted by Gasteiger charge is 1.89. The van der Waals surface area contributed by atoms with Gasteiger partial charge >= 0.3 is 0 Å². The molecule has 1 heterocycles. The van der Waals surface area contributed by atoms with Crippen LogP contribution in [0.2, 0.25) is 0 Å². The molecule has 2 heteroatoms. The largest absolute Gasteiger partial charge is 0.329 e. The van der Waals surface area contributed by atoms with E-state index in [0.717, 1.165) is 13.0 Å². The zero-order chi connectivity index (χ0) is 10.6. The van der Waals surface area contributed by atoms with Crippen molar-refractivity contribution in [1.82, 2.24) is 10.9 Å². The van der Waals surface area contributed by atoms with Crippen LogP contribution in [0.15, 0.2) is 24.4 Å². The van der Waals surface area contributed by atoms with E-state index in [1.165, 1.54) is 44.9 Å². The summed E-state index contributed by atoms with van der Waals surface area (Å²) in [5, 5.41) is 0. The Bertz CT molecular complexity index is 165. The van der Waals surface area contributed by atoms with E-state index >= 15 is 0 Å². The first-order chi connectivity index (χ1) is 7.50. The summed E-state index contributed by atoms with van der Waals surface area (Å²) in [6.07, 6.45) is 19.2. The molecule has 0 spiro atoms. The molecule has 1 aliphatic heterocycles. The lowest BCUT2D eigenvalue weighted by molar-refractivity contribution is 0.619. The standard InChI is InChI=1S/C13H24N2/c1-2-4-6-8-10-12-14-15-13-11-9-7-5-3-1/h6,8,11,13-15H,1-5,7,9-10,12H2/b8-6?,13-11+. The zero-order valence-corrected chi connectivity index (χ0v) is 9.67.